The van der Waals surface area contributed by atoms with Crippen LogP contribution >= 0.6 is 0 Å². The number of nitrogens with zero attached hydrogens (tertiary/aromatic N) is 1. The monoisotopic (exact) mass is 402 g/mol. The van der Waals surface area contributed by atoms with Crippen molar-refractivity contribution in [3.8, 4) is 11.5 Å². The van der Waals surface area contributed by atoms with Crippen molar-refractivity contribution in [3.63, 3.8) is 0 Å². The van der Waals surface area contributed by atoms with Gasteiger partial charge in [-0.2, -0.15) is 0 Å². The highest BCUT2D eigenvalue weighted by atomic mass is 19.1. The summed E-state index contributed by atoms with van der Waals surface area (Å²) < 4.78 is 23.7. The third-order valence-electron chi connectivity index (χ3n) is 4.29. The minimum atomic E-state index is -0.691. The zero-order valence-electron chi connectivity index (χ0n) is 17.1. The van der Waals surface area contributed by atoms with Gasteiger partial charge in [0.25, 0.3) is 5.91 Å². The van der Waals surface area contributed by atoms with Crippen LogP contribution in [0.25, 0.3) is 0 Å². The SMILES string of the molecule is COc1ccc(CN(C(=O)COc2ccc(F)cc2)[C@@H](C)C(=O)NC(C)C)cc1. The number of hydrogen-bond donors (Lipinski definition) is 1. The van der Waals surface area contributed by atoms with Crippen LogP contribution in [0.1, 0.15) is 26.3 Å². The molecule has 0 saturated carbocycles. The fraction of sp³-hybridized carbons (Fsp3) is 0.364. The van der Waals surface area contributed by atoms with Crippen LogP contribution in [0.4, 0.5) is 4.39 Å². The Bertz CT molecular complexity index is 807. The molecule has 7 heteroatoms. The van der Waals surface area contributed by atoms with Crippen LogP contribution in [0.15, 0.2) is 48.5 Å². The molecule has 0 heterocycles. The van der Waals surface area contributed by atoms with E-state index in [4.69, 9.17) is 9.47 Å². The number of ether oxygens (including phenoxy) is 2. The van der Waals surface area contributed by atoms with Crippen LogP contribution in [0.5, 0.6) is 11.5 Å². The van der Waals surface area contributed by atoms with Crippen molar-refractivity contribution in [2.45, 2.75) is 39.4 Å². The lowest BCUT2D eigenvalue weighted by Crippen LogP contribution is -2.50. The number of halogens is 1. The van der Waals surface area contributed by atoms with E-state index < -0.39 is 6.04 Å². The first-order chi connectivity index (χ1) is 13.8. The van der Waals surface area contributed by atoms with Gasteiger partial charge in [0, 0.05) is 12.6 Å². The van der Waals surface area contributed by atoms with Gasteiger partial charge in [-0.25, -0.2) is 4.39 Å². The first-order valence-corrected chi connectivity index (χ1v) is 9.41. The topological polar surface area (TPSA) is 67.9 Å². The van der Waals surface area contributed by atoms with E-state index in [-0.39, 0.29) is 36.8 Å². The van der Waals surface area contributed by atoms with Crippen molar-refractivity contribution in [1.82, 2.24) is 10.2 Å². The van der Waals surface area contributed by atoms with Gasteiger partial charge in [0.15, 0.2) is 6.61 Å². The molecule has 0 aliphatic carbocycles. The highest BCUT2D eigenvalue weighted by Gasteiger charge is 2.26. The lowest BCUT2D eigenvalue weighted by Gasteiger charge is -2.29. The Morgan fingerprint density at radius 2 is 1.59 bits per heavy atom. The molecule has 0 aliphatic heterocycles. The molecule has 0 aromatic heterocycles. The number of amides is 2. The molecule has 0 radical (unpaired) electrons. The third-order valence-corrected chi connectivity index (χ3v) is 4.29. The first kappa shape index (κ1) is 22.2. The molecular formula is C22H27FN2O4. The second-order valence-electron chi connectivity index (χ2n) is 6.95. The van der Waals surface area contributed by atoms with Crippen molar-refractivity contribution in [3.05, 3.63) is 59.9 Å². The normalized spacial score (nSPS) is 11.7. The van der Waals surface area contributed by atoms with Crippen LogP contribution in [0, 0.1) is 5.82 Å². The van der Waals surface area contributed by atoms with Crippen LogP contribution in [0.3, 0.4) is 0 Å². The molecule has 1 atom stereocenters. The van der Waals surface area contributed by atoms with Gasteiger partial charge in [0.1, 0.15) is 23.4 Å². The predicted octanol–water partition coefficient (Wildman–Crippen LogP) is 3.16. The Hall–Kier alpha value is -3.09. The largest absolute Gasteiger partial charge is 0.497 e. The minimum Gasteiger partial charge on any atom is -0.497 e. The summed E-state index contributed by atoms with van der Waals surface area (Å²) in [4.78, 5) is 26.8. The Morgan fingerprint density at radius 1 is 1.00 bits per heavy atom. The van der Waals surface area contributed by atoms with Crippen molar-refractivity contribution >= 4 is 11.8 Å². The van der Waals surface area contributed by atoms with Crippen molar-refractivity contribution in [2.75, 3.05) is 13.7 Å². The molecule has 0 saturated heterocycles. The van der Waals surface area contributed by atoms with E-state index in [0.29, 0.717) is 11.5 Å². The summed E-state index contributed by atoms with van der Waals surface area (Å²) in [6.45, 7) is 5.37. The van der Waals surface area contributed by atoms with Crippen LogP contribution in [-0.2, 0) is 16.1 Å². The molecule has 6 nitrogen and oxygen atoms in total. The Balaban J connectivity index is 2.13. The molecule has 2 rings (SSSR count). The quantitative estimate of drug-likeness (QED) is 0.700. The molecular weight excluding hydrogens is 375 g/mol. The summed E-state index contributed by atoms with van der Waals surface area (Å²) in [5.74, 6) is 0.101. The molecule has 0 spiro atoms. The van der Waals surface area contributed by atoms with Crippen molar-refractivity contribution < 1.29 is 23.5 Å². The predicted molar refractivity (Wildman–Crippen MR) is 108 cm³/mol. The van der Waals surface area contributed by atoms with Gasteiger partial charge in [0.05, 0.1) is 7.11 Å². The summed E-state index contributed by atoms with van der Waals surface area (Å²) in [6, 6.07) is 12.0. The van der Waals surface area contributed by atoms with Gasteiger partial charge in [-0.3, -0.25) is 9.59 Å². The van der Waals surface area contributed by atoms with E-state index in [1.54, 1.807) is 26.2 Å². The van der Waals surface area contributed by atoms with Gasteiger partial charge in [-0.1, -0.05) is 12.1 Å². The fourth-order valence-corrected chi connectivity index (χ4v) is 2.67. The minimum absolute atomic E-state index is 0.0432. The van der Waals surface area contributed by atoms with Crippen molar-refractivity contribution in [1.29, 1.82) is 0 Å². The zero-order valence-corrected chi connectivity index (χ0v) is 17.1. The Kier molecular flexibility index (Phi) is 8.00. The van der Waals surface area contributed by atoms with E-state index >= 15 is 0 Å². The molecule has 0 unspecified atom stereocenters. The molecule has 2 aromatic rings. The maximum atomic E-state index is 13.0. The molecule has 1 N–H and O–H groups in total. The number of benzene rings is 2. The molecule has 2 aromatic carbocycles. The fourth-order valence-electron chi connectivity index (χ4n) is 2.67. The van der Waals surface area contributed by atoms with Crippen molar-refractivity contribution in [2.24, 2.45) is 0 Å². The summed E-state index contributed by atoms with van der Waals surface area (Å²) in [5.41, 5.74) is 0.852. The Labute approximate surface area is 170 Å². The molecule has 2 amide bonds. The average molecular weight is 402 g/mol. The number of methoxy groups -OCH3 is 1. The second-order valence-corrected chi connectivity index (χ2v) is 6.95. The van der Waals surface area contributed by atoms with E-state index in [9.17, 15) is 14.0 Å². The third kappa shape index (κ3) is 6.78. The first-order valence-electron chi connectivity index (χ1n) is 9.41. The lowest BCUT2D eigenvalue weighted by molar-refractivity contribution is -0.142. The van der Waals surface area contributed by atoms with Crippen LogP contribution in [-0.4, -0.2) is 42.5 Å². The smallest absolute Gasteiger partial charge is 0.261 e. The lowest BCUT2D eigenvalue weighted by atomic mass is 10.1. The molecule has 29 heavy (non-hydrogen) atoms. The average Bonchev–Trinajstić information content (AvgIpc) is 2.70. The van der Waals surface area contributed by atoms with Crippen LogP contribution in [0.2, 0.25) is 0 Å². The highest BCUT2D eigenvalue weighted by molar-refractivity contribution is 5.88. The Morgan fingerprint density at radius 3 is 2.14 bits per heavy atom. The van der Waals surface area contributed by atoms with Gasteiger partial charge >= 0.3 is 0 Å². The van der Waals surface area contributed by atoms with E-state index in [0.717, 1.165) is 5.56 Å². The molecule has 0 fully saturated rings. The summed E-state index contributed by atoms with van der Waals surface area (Å²) in [6.07, 6.45) is 0. The molecule has 156 valence electrons. The van der Waals surface area contributed by atoms with E-state index in [1.807, 2.05) is 26.0 Å². The maximum Gasteiger partial charge on any atom is 0.261 e. The number of carbonyl (C=O) groups is 2. The van der Waals surface area contributed by atoms with E-state index in [1.165, 1.54) is 29.2 Å². The molecule has 0 aliphatic rings. The number of nitrogens with one attached hydrogen (secondary N) is 1. The number of rotatable bonds is 9. The summed E-state index contributed by atoms with van der Waals surface area (Å²) in [7, 11) is 1.58. The van der Waals surface area contributed by atoms with Gasteiger partial charge in [0.2, 0.25) is 5.91 Å². The number of hydrogen-bond acceptors (Lipinski definition) is 4. The molecule has 0 bridgehead atoms. The van der Waals surface area contributed by atoms with Gasteiger partial charge < -0.3 is 19.7 Å². The maximum absolute atomic E-state index is 13.0. The zero-order chi connectivity index (χ0) is 21.4. The van der Waals surface area contributed by atoms with Crippen LogP contribution < -0.4 is 14.8 Å². The second kappa shape index (κ2) is 10.5. The highest BCUT2D eigenvalue weighted by Crippen LogP contribution is 2.16. The summed E-state index contributed by atoms with van der Waals surface area (Å²) >= 11 is 0. The standard InChI is InChI=1S/C22H27FN2O4/c1-15(2)24-22(27)16(3)25(13-17-5-9-19(28-4)10-6-17)21(26)14-29-20-11-7-18(23)8-12-20/h5-12,15-16H,13-14H2,1-4H3,(H,24,27)/t16-/m0/s1. The van der Waals surface area contributed by atoms with Gasteiger partial charge in [-0.15, -0.1) is 0 Å². The summed E-state index contributed by atoms with van der Waals surface area (Å²) in [5, 5.41) is 2.83. The van der Waals surface area contributed by atoms with E-state index in [2.05, 4.69) is 5.32 Å². The number of carbonyl (C=O) groups excluding carboxylic acids is 2. The van der Waals surface area contributed by atoms with Gasteiger partial charge in [-0.05, 0) is 62.7 Å².